The van der Waals surface area contributed by atoms with Crippen LogP contribution in [0, 0.1) is 5.92 Å². The summed E-state index contributed by atoms with van der Waals surface area (Å²) < 4.78 is 0. The molecule has 0 radical (unpaired) electrons. The Hall–Kier alpha value is -0.930. The van der Waals surface area contributed by atoms with E-state index in [0.29, 0.717) is 18.0 Å². The van der Waals surface area contributed by atoms with Crippen molar-refractivity contribution in [3.8, 4) is 0 Å². The largest absolute Gasteiger partial charge is 0.396 e. The highest BCUT2D eigenvalue weighted by molar-refractivity contribution is 5.25. The Bertz CT molecular complexity index is 379. The fourth-order valence-electron chi connectivity index (χ4n) is 2.78. The normalized spacial score (nSPS) is 20.8. The Morgan fingerprint density at radius 1 is 1.50 bits per heavy atom. The number of pyridine rings is 1. The summed E-state index contributed by atoms with van der Waals surface area (Å²) in [6.07, 6.45) is 6.22. The van der Waals surface area contributed by atoms with E-state index < -0.39 is 0 Å². The van der Waals surface area contributed by atoms with Gasteiger partial charge in [0.05, 0.1) is 5.69 Å². The van der Waals surface area contributed by atoms with Crippen molar-refractivity contribution >= 4 is 0 Å². The van der Waals surface area contributed by atoms with Crippen molar-refractivity contribution in [1.82, 2.24) is 10.3 Å². The van der Waals surface area contributed by atoms with Gasteiger partial charge in [-0.3, -0.25) is 4.98 Å². The molecular weight excluding hydrogens is 224 g/mol. The van der Waals surface area contributed by atoms with E-state index in [4.69, 9.17) is 5.11 Å². The summed E-state index contributed by atoms with van der Waals surface area (Å²) in [4.78, 5) is 4.55. The van der Waals surface area contributed by atoms with Gasteiger partial charge < -0.3 is 10.4 Å². The number of aliphatic hydroxyl groups is 1. The monoisotopic (exact) mass is 248 g/mol. The van der Waals surface area contributed by atoms with E-state index in [1.807, 2.05) is 12.3 Å². The molecule has 0 aliphatic heterocycles. The first-order chi connectivity index (χ1) is 8.72. The lowest BCUT2D eigenvalue weighted by molar-refractivity contribution is 0.229. The van der Waals surface area contributed by atoms with Gasteiger partial charge in [0.15, 0.2) is 0 Å². The third kappa shape index (κ3) is 3.09. The van der Waals surface area contributed by atoms with Crippen LogP contribution in [0.5, 0.6) is 0 Å². The number of hydrogen-bond acceptors (Lipinski definition) is 3. The second-order valence-corrected chi connectivity index (χ2v) is 5.52. The Morgan fingerprint density at radius 2 is 2.33 bits per heavy atom. The zero-order chi connectivity index (χ0) is 13.0. The zero-order valence-electron chi connectivity index (χ0n) is 11.4. The van der Waals surface area contributed by atoms with Gasteiger partial charge in [-0.25, -0.2) is 0 Å². The van der Waals surface area contributed by atoms with E-state index in [9.17, 15) is 0 Å². The predicted octanol–water partition coefficient (Wildman–Crippen LogP) is 2.46. The first kappa shape index (κ1) is 13.5. The molecule has 100 valence electrons. The SMILES string of the molecule is CC(C)C(CCO)NC1CCCc2cccnc21. The zero-order valence-corrected chi connectivity index (χ0v) is 11.4. The predicted molar refractivity (Wildman–Crippen MR) is 73.4 cm³/mol. The molecule has 2 atom stereocenters. The van der Waals surface area contributed by atoms with Gasteiger partial charge in [0.1, 0.15) is 0 Å². The third-order valence-corrected chi connectivity index (χ3v) is 3.86. The van der Waals surface area contributed by atoms with Crippen molar-refractivity contribution in [3.63, 3.8) is 0 Å². The molecule has 1 aliphatic rings. The fraction of sp³-hybridized carbons (Fsp3) is 0.667. The van der Waals surface area contributed by atoms with Crippen molar-refractivity contribution in [2.24, 2.45) is 5.92 Å². The molecule has 1 aliphatic carbocycles. The molecule has 1 heterocycles. The Balaban J connectivity index is 2.10. The van der Waals surface area contributed by atoms with Crippen LogP contribution >= 0.6 is 0 Å². The number of aliphatic hydroxyl groups excluding tert-OH is 1. The molecule has 0 amide bonds. The van der Waals surface area contributed by atoms with Gasteiger partial charge in [0.2, 0.25) is 0 Å². The van der Waals surface area contributed by atoms with Crippen molar-refractivity contribution in [2.45, 2.75) is 51.6 Å². The van der Waals surface area contributed by atoms with E-state index in [1.54, 1.807) is 0 Å². The van der Waals surface area contributed by atoms with Crippen LogP contribution in [-0.2, 0) is 6.42 Å². The highest BCUT2D eigenvalue weighted by Gasteiger charge is 2.24. The van der Waals surface area contributed by atoms with Gasteiger partial charge in [-0.1, -0.05) is 19.9 Å². The minimum atomic E-state index is 0.248. The summed E-state index contributed by atoms with van der Waals surface area (Å²) >= 11 is 0. The topological polar surface area (TPSA) is 45.1 Å². The maximum absolute atomic E-state index is 9.15. The minimum Gasteiger partial charge on any atom is -0.396 e. The average molecular weight is 248 g/mol. The van der Waals surface area contributed by atoms with Gasteiger partial charge in [-0.05, 0) is 43.2 Å². The van der Waals surface area contributed by atoms with Crippen LogP contribution in [0.4, 0.5) is 0 Å². The van der Waals surface area contributed by atoms with Crippen molar-refractivity contribution in [3.05, 3.63) is 29.6 Å². The molecule has 0 aromatic carbocycles. The summed E-state index contributed by atoms with van der Waals surface area (Å²) in [7, 11) is 0. The van der Waals surface area contributed by atoms with E-state index >= 15 is 0 Å². The second-order valence-electron chi connectivity index (χ2n) is 5.52. The first-order valence-electron chi connectivity index (χ1n) is 7.03. The molecule has 0 spiro atoms. The van der Waals surface area contributed by atoms with Gasteiger partial charge >= 0.3 is 0 Å². The smallest absolute Gasteiger partial charge is 0.0605 e. The number of hydrogen-bond donors (Lipinski definition) is 2. The molecule has 0 fully saturated rings. The number of nitrogens with one attached hydrogen (secondary N) is 1. The molecule has 1 aromatic heterocycles. The van der Waals surface area contributed by atoms with Crippen LogP contribution in [0.25, 0.3) is 0 Å². The molecule has 0 bridgehead atoms. The van der Waals surface area contributed by atoms with E-state index in [0.717, 1.165) is 19.3 Å². The number of fused-ring (bicyclic) bond motifs is 1. The fourth-order valence-corrected chi connectivity index (χ4v) is 2.78. The lowest BCUT2D eigenvalue weighted by Crippen LogP contribution is -2.39. The molecule has 3 heteroatoms. The summed E-state index contributed by atoms with van der Waals surface area (Å²) in [5, 5.41) is 12.8. The molecule has 18 heavy (non-hydrogen) atoms. The molecule has 0 saturated carbocycles. The molecule has 3 nitrogen and oxygen atoms in total. The van der Waals surface area contributed by atoms with E-state index in [1.165, 1.54) is 17.7 Å². The maximum atomic E-state index is 9.15. The standard InChI is InChI=1S/C15H24N2O/c1-11(2)13(8-10-18)17-14-7-3-5-12-6-4-9-16-15(12)14/h4,6,9,11,13-14,17-18H,3,5,7-8,10H2,1-2H3. The van der Waals surface area contributed by atoms with Crippen LogP contribution in [0.3, 0.4) is 0 Å². The van der Waals surface area contributed by atoms with E-state index in [-0.39, 0.29) is 6.61 Å². The highest BCUT2D eigenvalue weighted by Crippen LogP contribution is 2.28. The second kappa shape index (κ2) is 6.30. The molecule has 0 saturated heterocycles. The molecule has 2 N–H and O–H groups in total. The van der Waals surface area contributed by atoms with Gasteiger partial charge in [0.25, 0.3) is 0 Å². The third-order valence-electron chi connectivity index (χ3n) is 3.86. The summed E-state index contributed by atoms with van der Waals surface area (Å²) in [5.41, 5.74) is 2.60. The van der Waals surface area contributed by atoms with Crippen LogP contribution in [-0.4, -0.2) is 22.7 Å². The lowest BCUT2D eigenvalue weighted by Gasteiger charge is -2.31. The molecule has 2 rings (SSSR count). The molecule has 1 aromatic rings. The Kier molecular flexibility index (Phi) is 4.72. The average Bonchev–Trinajstić information content (AvgIpc) is 2.38. The highest BCUT2D eigenvalue weighted by atomic mass is 16.3. The summed E-state index contributed by atoms with van der Waals surface area (Å²) in [6, 6.07) is 4.93. The first-order valence-corrected chi connectivity index (χ1v) is 7.03. The van der Waals surface area contributed by atoms with Gasteiger partial charge in [-0.15, -0.1) is 0 Å². The molecule has 2 unspecified atom stereocenters. The Morgan fingerprint density at radius 3 is 3.06 bits per heavy atom. The number of rotatable bonds is 5. The summed E-state index contributed by atoms with van der Waals surface area (Å²) in [6.45, 7) is 4.66. The number of nitrogens with zero attached hydrogens (tertiary/aromatic N) is 1. The number of aromatic nitrogens is 1. The quantitative estimate of drug-likeness (QED) is 0.841. The van der Waals surface area contributed by atoms with Crippen LogP contribution < -0.4 is 5.32 Å². The van der Waals surface area contributed by atoms with Crippen LogP contribution in [0.15, 0.2) is 18.3 Å². The lowest BCUT2D eigenvalue weighted by atomic mass is 9.90. The minimum absolute atomic E-state index is 0.248. The van der Waals surface area contributed by atoms with Crippen molar-refractivity contribution in [2.75, 3.05) is 6.61 Å². The maximum Gasteiger partial charge on any atom is 0.0605 e. The number of aryl methyl sites for hydroxylation is 1. The van der Waals surface area contributed by atoms with Crippen LogP contribution in [0.2, 0.25) is 0 Å². The molecular formula is C15H24N2O. The Labute approximate surface area is 110 Å². The van der Waals surface area contributed by atoms with E-state index in [2.05, 4.69) is 30.2 Å². The summed E-state index contributed by atoms with van der Waals surface area (Å²) in [5.74, 6) is 0.534. The van der Waals surface area contributed by atoms with Crippen molar-refractivity contribution in [1.29, 1.82) is 0 Å². The van der Waals surface area contributed by atoms with Crippen LogP contribution in [0.1, 0.15) is 50.4 Å². The van der Waals surface area contributed by atoms with Gasteiger partial charge in [0, 0.05) is 24.9 Å². The van der Waals surface area contributed by atoms with Crippen molar-refractivity contribution < 1.29 is 5.11 Å². The van der Waals surface area contributed by atoms with Gasteiger partial charge in [-0.2, -0.15) is 0 Å².